The summed E-state index contributed by atoms with van der Waals surface area (Å²) >= 11 is 0. The number of nitrogens with zero attached hydrogens (tertiary/aromatic N) is 2. The number of piperidine rings is 1. The SMILES string of the molecule is O=C(Cc1ccc(-c2ccccc2)cc1)NCC1CCN(c2ccncc2)CC1. The van der Waals surface area contributed by atoms with Crippen LogP contribution in [-0.2, 0) is 11.2 Å². The second-order valence-electron chi connectivity index (χ2n) is 7.68. The van der Waals surface area contributed by atoms with Crippen LogP contribution < -0.4 is 10.2 Å². The summed E-state index contributed by atoms with van der Waals surface area (Å²) in [6.45, 7) is 2.84. The van der Waals surface area contributed by atoms with Gasteiger partial charge in [-0.25, -0.2) is 0 Å². The van der Waals surface area contributed by atoms with Gasteiger partial charge in [0.2, 0.25) is 5.91 Å². The van der Waals surface area contributed by atoms with E-state index in [0.717, 1.165) is 38.0 Å². The van der Waals surface area contributed by atoms with Gasteiger partial charge in [0.25, 0.3) is 0 Å². The molecule has 3 aromatic rings. The Bertz CT molecular complexity index is 902. The van der Waals surface area contributed by atoms with Crippen LogP contribution in [0, 0.1) is 5.92 Å². The Morgan fingerprint density at radius 1 is 0.897 bits per heavy atom. The average molecular weight is 386 g/mol. The van der Waals surface area contributed by atoms with E-state index < -0.39 is 0 Å². The first-order valence-electron chi connectivity index (χ1n) is 10.3. The number of hydrogen-bond donors (Lipinski definition) is 1. The van der Waals surface area contributed by atoms with Crippen molar-refractivity contribution in [2.24, 2.45) is 5.92 Å². The molecule has 1 N–H and O–H groups in total. The van der Waals surface area contributed by atoms with Crippen LogP contribution in [-0.4, -0.2) is 30.5 Å². The molecule has 1 aromatic heterocycles. The third-order valence-corrected chi connectivity index (χ3v) is 5.66. The highest BCUT2D eigenvalue weighted by Crippen LogP contribution is 2.22. The van der Waals surface area contributed by atoms with Crippen LogP contribution >= 0.6 is 0 Å². The van der Waals surface area contributed by atoms with Crippen molar-refractivity contribution in [2.75, 3.05) is 24.5 Å². The van der Waals surface area contributed by atoms with Crippen molar-refractivity contribution in [1.82, 2.24) is 10.3 Å². The molecule has 4 rings (SSSR count). The summed E-state index contributed by atoms with van der Waals surface area (Å²) in [5, 5.41) is 3.13. The summed E-state index contributed by atoms with van der Waals surface area (Å²) in [7, 11) is 0. The maximum absolute atomic E-state index is 12.4. The number of rotatable bonds is 6. The highest BCUT2D eigenvalue weighted by molar-refractivity contribution is 5.78. The van der Waals surface area contributed by atoms with Gasteiger partial charge in [-0.1, -0.05) is 54.6 Å². The van der Waals surface area contributed by atoms with E-state index in [1.54, 1.807) is 0 Å². The third kappa shape index (κ3) is 5.23. The number of anilines is 1. The summed E-state index contributed by atoms with van der Waals surface area (Å²) in [5.74, 6) is 0.659. The van der Waals surface area contributed by atoms with Crippen molar-refractivity contribution in [3.63, 3.8) is 0 Å². The lowest BCUT2D eigenvalue weighted by Gasteiger charge is -2.33. The van der Waals surface area contributed by atoms with E-state index in [9.17, 15) is 4.79 Å². The van der Waals surface area contributed by atoms with Gasteiger partial charge in [-0.2, -0.15) is 0 Å². The van der Waals surface area contributed by atoms with E-state index in [2.05, 4.69) is 63.7 Å². The Hall–Kier alpha value is -3.14. The van der Waals surface area contributed by atoms with Gasteiger partial charge in [0.05, 0.1) is 6.42 Å². The van der Waals surface area contributed by atoms with E-state index in [1.165, 1.54) is 16.8 Å². The van der Waals surface area contributed by atoms with Crippen LogP contribution in [0.15, 0.2) is 79.1 Å². The molecule has 0 bridgehead atoms. The van der Waals surface area contributed by atoms with Crippen molar-refractivity contribution >= 4 is 11.6 Å². The number of hydrogen-bond acceptors (Lipinski definition) is 3. The topological polar surface area (TPSA) is 45.2 Å². The molecule has 1 fully saturated rings. The molecule has 0 radical (unpaired) electrons. The lowest BCUT2D eigenvalue weighted by Crippen LogP contribution is -2.39. The molecule has 2 aromatic carbocycles. The monoisotopic (exact) mass is 385 g/mol. The van der Waals surface area contributed by atoms with Crippen molar-refractivity contribution in [2.45, 2.75) is 19.3 Å². The summed E-state index contributed by atoms with van der Waals surface area (Å²) in [6, 6.07) is 22.7. The number of benzene rings is 2. The average Bonchev–Trinajstić information content (AvgIpc) is 2.80. The van der Waals surface area contributed by atoms with Gasteiger partial charge in [0.15, 0.2) is 0 Å². The molecular weight excluding hydrogens is 358 g/mol. The number of aromatic nitrogens is 1. The summed E-state index contributed by atoms with van der Waals surface area (Å²) in [6.07, 6.45) is 6.33. The zero-order valence-corrected chi connectivity index (χ0v) is 16.6. The van der Waals surface area contributed by atoms with Crippen molar-refractivity contribution in [3.05, 3.63) is 84.7 Å². The van der Waals surface area contributed by atoms with Gasteiger partial charge < -0.3 is 10.2 Å². The fraction of sp³-hybridized carbons (Fsp3) is 0.280. The number of carbonyl (C=O) groups is 1. The predicted molar refractivity (Wildman–Crippen MR) is 118 cm³/mol. The van der Waals surface area contributed by atoms with Gasteiger partial charge in [-0.05, 0) is 47.6 Å². The highest BCUT2D eigenvalue weighted by Gasteiger charge is 2.20. The van der Waals surface area contributed by atoms with Crippen LogP contribution in [0.2, 0.25) is 0 Å². The van der Waals surface area contributed by atoms with Crippen molar-refractivity contribution in [3.8, 4) is 11.1 Å². The van der Waals surface area contributed by atoms with E-state index in [-0.39, 0.29) is 5.91 Å². The number of carbonyl (C=O) groups excluding carboxylic acids is 1. The van der Waals surface area contributed by atoms with E-state index in [4.69, 9.17) is 0 Å². The lowest BCUT2D eigenvalue weighted by atomic mass is 9.96. The Morgan fingerprint density at radius 2 is 1.55 bits per heavy atom. The van der Waals surface area contributed by atoms with E-state index in [0.29, 0.717) is 12.3 Å². The van der Waals surface area contributed by atoms with Gasteiger partial charge in [0, 0.05) is 37.7 Å². The van der Waals surface area contributed by atoms with Crippen molar-refractivity contribution in [1.29, 1.82) is 0 Å². The second-order valence-corrected chi connectivity index (χ2v) is 7.68. The quantitative estimate of drug-likeness (QED) is 0.687. The molecule has 4 heteroatoms. The highest BCUT2D eigenvalue weighted by atomic mass is 16.1. The molecule has 0 spiro atoms. The molecule has 2 heterocycles. The second kappa shape index (κ2) is 9.37. The van der Waals surface area contributed by atoms with Crippen LogP contribution in [0.25, 0.3) is 11.1 Å². The standard InChI is InChI=1S/C25H27N3O/c29-25(18-20-6-8-23(9-7-20)22-4-2-1-3-5-22)27-19-21-12-16-28(17-13-21)24-10-14-26-15-11-24/h1-11,14-15,21H,12-13,16-19H2,(H,27,29). The Morgan fingerprint density at radius 3 is 2.24 bits per heavy atom. The smallest absolute Gasteiger partial charge is 0.224 e. The minimum Gasteiger partial charge on any atom is -0.371 e. The van der Waals surface area contributed by atoms with Crippen LogP contribution in [0.3, 0.4) is 0 Å². The van der Waals surface area contributed by atoms with Gasteiger partial charge in [0.1, 0.15) is 0 Å². The van der Waals surface area contributed by atoms with Gasteiger partial charge in [-0.15, -0.1) is 0 Å². The number of pyridine rings is 1. The normalized spacial score (nSPS) is 14.6. The van der Waals surface area contributed by atoms with Gasteiger partial charge in [-0.3, -0.25) is 9.78 Å². The first-order valence-corrected chi connectivity index (χ1v) is 10.3. The first-order chi connectivity index (χ1) is 14.3. The molecule has 0 unspecified atom stereocenters. The molecule has 4 nitrogen and oxygen atoms in total. The van der Waals surface area contributed by atoms with Gasteiger partial charge >= 0.3 is 0 Å². The van der Waals surface area contributed by atoms with Crippen LogP contribution in [0.1, 0.15) is 18.4 Å². The number of nitrogens with one attached hydrogen (secondary N) is 1. The third-order valence-electron chi connectivity index (χ3n) is 5.66. The molecule has 148 valence electrons. The summed E-state index contributed by atoms with van der Waals surface area (Å²) < 4.78 is 0. The Kier molecular flexibility index (Phi) is 6.20. The molecule has 0 aliphatic carbocycles. The molecule has 1 aliphatic rings. The number of amides is 1. The molecular formula is C25H27N3O. The maximum Gasteiger partial charge on any atom is 0.224 e. The zero-order valence-electron chi connectivity index (χ0n) is 16.6. The zero-order chi connectivity index (χ0) is 19.9. The molecule has 1 aliphatic heterocycles. The minimum absolute atomic E-state index is 0.106. The summed E-state index contributed by atoms with van der Waals surface area (Å²) in [5.41, 5.74) is 4.66. The van der Waals surface area contributed by atoms with E-state index >= 15 is 0 Å². The first kappa shape index (κ1) is 19.2. The minimum atomic E-state index is 0.106. The maximum atomic E-state index is 12.4. The predicted octanol–water partition coefficient (Wildman–Crippen LogP) is 4.32. The summed E-state index contributed by atoms with van der Waals surface area (Å²) in [4.78, 5) is 18.8. The van der Waals surface area contributed by atoms with Crippen LogP contribution in [0.5, 0.6) is 0 Å². The Balaban J connectivity index is 1.21. The lowest BCUT2D eigenvalue weighted by molar-refractivity contribution is -0.120. The molecule has 29 heavy (non-hydrogen) atoms. The van der Waals surface area contributed by atoms with Crippen LogP contribution in [0.4, 0.5) is 5.69 Å². The largest absolute Gasteiger partial charge is 0.371 e. The van der Waals surface area contributed by atoms with Crippen molar-refractivity contribution < 1.29 is 4.79 Å². The molecule has 1 amide bonds. The fourth-order valence-electron chi connectivity index (χ4n) is 3.90. The molecule has 1 saturated heterocycles. The molecule has 0 saturated carbocycles. The Labute approximate surface area is 172 Å². The molecule has 0 atom stereocenters. The fourth-order valence-corrected chi connectivity index (χ4v) is 3.90. The van der Waals surface area contributed by atoms with E-state index in [1.807, 2.05) is 30.6 Å².